The number of halogens is 3. The van der Waals surface area contributed by atoms with Crippen LogP contribution in [-0.4, -0.2) is 72.4 Å². The van der Waals surface area contributed by atoms with Gasteiger partial charge in [0.25, 0.3) is 0 Å². The molecule has 1 amide bonds. The smallest absolute Gasteiger partial charge is 0.475 e. The Morgan fingerprint density at radius 3 is 2.50 bits per heavy atom. The number of carbonyl (C=O) groups is 2. The van der Waals surface area contributed by atoms with Crippen molar-refractivity contribution < 1.29 is 32.6 Å². The van der Waals surface area contributed by atoms with Gasteiger partial charge in [-0.2, -0.15) is 24.5 Å². The second-order valence-corrected chi connectivity index (χ2v) is 8.92. The number of hydrogen-bond acceptors (Lipinski definition) is 5. The molecule has 1 aromatic heterocycles. The number of rotatable bonds is 4. The topological polar surface area (TPSA) is 70.1 Å². The molecule has 1 N–H and O–H groups in total. The van der Waals surface area contributed by atoms with Gasteiger partial charge in [0.2, 0.25) is 5.91 Å². The molecule has 3 aliphatic rings. The molecule has 30 heavy (non-hydrogen) atoms. The highest BCUT2D eigenvalue weighted by molar-refractivity contribution is 7.07. The summed E-state index contributed by atoms with van der Waals surface area (Å²) in [5, 5.41) is 11.5. The highest BCUT2D eigenvalue weighted by Crippen LogP contribution is 2.36. The first-order valence-corrected chi connectivity index (χ1v) is 11.1. The van der Waals surface area contributed by atoms with Crippen LogP contribution in [-0.2, 0) is 20.9 Å². The summed E-state index contributed by atoms with van der Waals surface area (Å²) in [6, 6.07) is 2.22. The molecule has 4 rings (SSSR count). The molecule has 0 aromatic carbocycles. The molecule has 0 unspecified atom stereocenters. The Morgan fingerprint density at radius 1 is 1.20 bits per heavy atom. The first kappa shape index (κ1) is 23.0. The van der Waals surface area contributed by atoms with Crippen LogP contribution in [0.25, 0.3) is 0 Å². The molecule has 4 heterocycles. The summed E-state index contributed by atoms with van der Waals surface area (Å²) in [6.45, 7) is 6.86. The maximum atomic E-state index is 12.5. The highest BCUT2D eigenvalue weighted by atomic mass is 32.1. The van der Waals surface area contributed by atoms with Crippen molar-refractivity contribution in [1.82, 2.24) is 9.80 Å². The standard InChI is InChI=1S/C18H26N2O2S.C2HF3O2/c21-18(20-4-1-2-5-20)7-15-11-22-12-16-9-19(10-17(15)16)8-14-3-6-23-13-14;3-2(4,5)1(6)7/h3,6,13,15-17H,1-2,4-5,7-12H2;(H,6,7)/t15-,16-,17+;/m1./s1. The van der Waals surface area contributed by atoms with Crippen molar-refractivity contribution in [2.45, 2.75) is 32.0 Å². The van der Waals surface area contributed by atoms with Gasteiger partial charge in [-0.05, 0) is 53.0 Å². The van der Waals surface area contributed by atoms with Crippen molar-refractivity contribution in [2.75, 3.05) is 39.4 Å². The molecular formula is C20H27F3N2O4S. The Labute approximate surface area is 177 Å². The molecule has 0 saturated carbocycles. The molecule has 3 atom stereocenters. The number of nitrogens with zero attached hydrogens (tertiary/aromatic N) is 2. The number of alkyl halides is 3. The zero-order chi connectivity index (χ0) is 21.7. The zero-order valence-electron chi connectivity index (χ0n) is 16.6. The Balaban J connectivity index is 0.000000318. The van der Waals surface area contributed by atoms with Crippen LogP contribution in [0.1, 0.15) is 24.8 Å². The Bertz CT molecular complexity index is 707. The molecule has 0 bridgehead atoms. The van der Waals surface area contributed by atoms with Crippen LogP contribution in [0.3, 0.4) is 0 Å². The SMILES string of the molecule is O=C(C[C@@H]1COC[C@H]2CN(Cc3ccsc3)C[C@@H]12)N1CCCC1.O=C(O)C(F)(F)F. The lowest BCUT2D eigenvalue weighted by molar-refractivity contribution is -0.192. The normalized spacial score (nSPS) is 26.8. The summed E-state index contributed by atoms with van der Waals surface area (Å²) in [5.74, 6) is -0.748. The fourth-order valence-corrected chi connectivity index (χ4v) is 5.15. The average Bonchev–Trinajstić information content (AvgIpc) is 3.43. The van der Waals surface area contributed by atoms with E-state index in [2.05, 4.69) is 26.6 Å². The van der Waals surface area contributed by atoms with E-state index in [1.807, 2.05) is 0 Å². The molecule has 6 nitrogen and oxygen atoms in total. The van der Waals surface area contributed by atoms with Gasteiger partial charge in [-0.25, -0.2) is 4.79 Å². The van der Waals surface area contributed by atoms with Gasteiger partial charge in [-0.3, -0.25) is 9.69 Å². The summed E-state index contributed by atoms with van der Waals surface area (Å²) in [7, 11) is 0. The lowest BCUT2D eigenvalue weighted by Crippen LogP contribution is -2.39. The summed E-state index contributed by atoms with van der Waals surface area (Å²) in [5.41, 5.74) is 1.42. The molecule has 3 aliphatic heterocycles. The van der Waals surface area contributed by atoms with E-state index >= 15 is 0 Å². The number of carboxylic acids is 1. The maximum absolute atomic E-state index is 12.5. The number of fused-ring (bicyclic) bond motifs is 1. The number of hydrogen-bond donors (Lipinski definition) is 1. The van der Waals surface area contributed by atoms with Crippen molar-refractivity contribution in [1.29, 1.82) is 0 Å². The molecule has 10 heteroatoms. The average molecular weight is 449 g/mol. The van der Waals surface area contributed by atoms with Gasteiger partial charge in [0.1, 0.15) is 0 Å². The van der Waals surface area contributed by atoms with E-state index in [0.717, 1.165) is 45.9 Å². The van der Waals surface area contributed by atoms with E-state index in [4.69, 9.17) is 14.6 Å². The second-order valence-electron chi connectivity index (χ2n) is 8.14. The summed E-state index contributed by atoms with van der Waals surface area (Å²) in [4.78, 5) is 26.0. The minimum atomic E-state index is -5.08. The van der Waals surface area contributed by atoms with Gasteiger partial charge in [-0.1, -0.05) is 0 Å². The summed E-state index contributed by atoms with van der Waals surface area (Å²) in [6.07, 6.45) is -2.05. The van der Waals surface area contributed by atoms with Crippen LogP contribution in [0, 0.1) is 17.8 Å². The molecule has 1 aromatic rings. The fraction of sp³-hybridized carbons (Fsp3) is 0.700. The number of carbonyl (C=O) groups excluding carboxylic acids is 1. The van der Waals surface area contributed by atoms with Crippen molar-refractivity contribution >= 4 is 23.2 Å². The van der Waals surface area contributed by atoms with Crippen LogP contribution >= 0.6 is 11.3 Å². The van der Waals surface area contributed by atoms with Crippen molar-refractivity contribution in [3.8, 4) is 0 Å². The first-order chi connectivity index (χ1) is 14.2. The molecule has 0 radical (unpaired) electrons. The molecule has 3 saturated heterocycles. The Kier molecular flexibility index (Phi) is 7.75. The molecule has 168 valence electrons. The van der Waals surface area contributed by atoms with Gasteiger partial charge in [-0.15, -0.1) is 0 Å². The Hall–Kier alpha value is -1.65. The van der Waals surface area contributed by atoms with E-state index in [-0.39, 0.29) is 0 Å². The highest BCUT2D eigenvalue weighted by Gasteiger charge is 2.42. The predicted molar refractivity (Wildman–Crippen MR) is 105 cm³/mol. The van der Waals surface area contributed by atoms with Gasteiger partial charge < -0.3 is 14.7 Å². The van der Waals surface area contributed by atoms with Gasteiger partial charge in [0, 0.05) is 39.1 Å². The predicted octanol–water partition coefficient (Wildman–Crippen LogP) is 3.09. The van der Waals surface area contributed by atoms with Crippen LogP contribution in [0.15, 0.2) is 16.8 Å². The number of likely N-dealkylation sites (tertiary alicyclic amines) is 2. The third kappa shape index (κ3) is 6.18. The lowest BCUT2D eigenvalue weighted by Gasteiger charge is -2.33. The fourth-order valence-electron chi connectivity index (χ4n) is 4.49. The second kappa shape index (κ2) is 10.1. The Morgan fingerprint density at radius 2 is 1.90 bits per heavy atom. The zero-order valence-corrected chi connectivity index (χ0v) is 17.5. The quantitative estimate of drug-likeness (QED) is 0.767. The lowest BCUT2D eigenvalue weighted by atomic mass is 9.81. The number of amides is 1. The summed E-state index contributed by atoms with van der Waals surface area (Å²) < 4.78 is 37.6. The first-order valence-electron chi connectivity index (χ1n) is 10.1. The van der Waals surface area contributed by atoms with E-state index in [0.29, 0.717) is 30.1 Å². The number of ether oxygens (including phenoxy) is 1. The van der Waals surface area contributed by atoms with Crippen molar-refractivity contribution in [2.24, 2.45) is 17.8 Å². The van der Waals surface area contributed by atoms with Crippen LogP contribution in [0.5, 0.6) is 0 Å². The minimum absolute atomic E-state index is 0.355. The summed E-state index contributed by atoms with van der Waals surface area (Å²) >= 11 is 1.77. The van der Waals surface area contributed by atoms with Crippen LogP contribution < -0.4 is 0 Å². The number of aliphatic carboxylic acids is 1. The maximum Gasteiger partial charge on any atom is 0.490 e. The van der Waals surface area contributed by atoms with Gasteiger partial charge in [0.05, 0.1) is 13.2 Å². The molecule has 0 spiro atoms. The molecular weight excluding hydrogens is 421 g/mol. The molecule has 0 aliphatic carbocycles. The molecule has 3 fully saturated rings. The van der Waals surface area contributed by atoms with E-state index in [1.54, 1.807) is 11.3 Å². The van der Waals surface area contributed by atoms with Gasteiger partial charge in [0.15, 0.2) is 0 Å². The largest absolute Gasteiger partial charge is 0.490 e. The minimum Gasteiger partial charge on any atom is -0.475 e. The van der Waals surface area contributed by atoms with E-state index in [9.17, 15) is 18.0 Å². The third-order valence-corrected chi connectivity index (χ3v) is 6.69. The number of carboxylic acid groups (broad SMARTS) is 1. The third-order valence-electron chi connectivity index (χ3n) is 5.96. The van der Waals surface area contributed by atoms with E-state index in [1.165, 1.54) is 18.4 Å². The van der Waals surface area contributed by atoms with Crippen LogP contribution in [0.2, 0.25) is 0 Å². The van der Waals surface area contributed by atoms with Crippen molar-refractivity contribution in [3.63, 3.8) is 0 Å². The number of thiophene rings is 1. The van der Waals surface area contributed by atoms with E-state index < -0.39 is 12.1 Å². The van der Waals surface area contributed by atoms with Crippen LogP contribution in [0.4, 0.5) is 13.2 Å². The van der Waals surface area contributed by atoms with Gasteiger partial charge >= 0.3 is 12.1 Å². The van der Waals surface area contributed by atoms with Crippen molar-refractivity contribution in [3.05, 3.63) is 22.4 Å². The monoisotopic (exact) mass is 448 g/mol.